The second-order valence-corrected chi connectivity index (χ2v) is 8.31. The number of anilines is 1. The SMILES string of the molecule is Cc1csc(=O)n1CCC(=O)OC(C)C(=O)Nc1ccc(C(C)(C)C)cc1. The zero-order valence-electron chi connectivity index (χ0n) is 16.4. The molecule has 1 N–H and O–H groups in total. The van der Waals surface area contributed by atoms with E-state index in [9.17, 15) is 14.4 Å². The van der Waals surface area contributed by atoms with Gasteiger partial charge in [-0.05, 0) is 37.0 Å². The summed E-state index contributed by atoms with van der Waals surface area (Å²) in [6.07, 6.45) is -0.880. The number of aromatic nitrogens is 1. The van der Waals surface area contributed by atoms with E-state index in [2.05, 4.69) is 26.1 Å². The molecular formula is C20H26N2O4S. The third-order valence-electron chi connectivity index (χ3n) is 4.21. The third-order valence-corrected chi connectivity index (χ3v) is 5.09. The van der Waals surface area contributed by atoms with Crippen molar-refractivity contribution in [2.75, 3.05) is 5.32 Å². The van der Waals surface area contributed by atoms with Gasteiger partial charge in [-0.25, -0.2) is 0 Å². The Hall–Kier alpha value is -2.41. The lowest BCUT2D eigenvalue weighted by Crippen LogP contribution is -2.30. The summed E-state index contributed by atoms with van der Waals surface area (Å²) in [6, 6.07) is 7.60. The largest absolute Gasteiger partial charge is 0.452 e. The molecule has 0 fully saturated rings. The predicted octanol–water partition coefficient (Wildman–Crippen LogP) is 3.48. The van der Waals surface area contributed by atoms with E-state index >= 15 is 0 Å². The van der Waals surface area contributed by atoms with Crippen molar-refractivity contribution in [2.24, 2.45) is 0 Å². The molecule has 1 atom stereocenters. The van der Waals surface area contributed by atoms with Crippen molar-refractivity contribution in [1.82, 2.24) is 4.57 Å². The van der Waals surface area contributed by atoms with Gasteiger partial charge in [0.05, 0.1) is 6.42 Å². The number of nitrogens with one attached hydrogen (secondary N) is 1. The van der Waals surface area contributed by atoms with E-state index in [4.69, 9.17) is 4.74 Å². The summed E-state index contributed by atoms with van der Waals surface area (Å²) in [4.78, 5) is 35.7. The zero-order chi connectivity index (χ0) is 20.2. The van der Waals surface area contributed by atoms with Crippen molar-refractivity contribution in [1.29, 1.82) is 0 Å². The number of amides is 1. The number of carbonyl (C=O) groups excluding carboxylic acids is 2. The highest BCUT2D eigenvalue weighted by Crippen LogP contribution is 2.23. The predicted molar refractivity (Wildman–Crippen MR) is 107 cm³/mol. The summed E-state index contributed by atoms with van der Waals surface area (Å²) in [5.74, 6) is -0.908. The number of rotatable bonds is 6. The Morgan fingerprint density at radius 3 is 2.37 bits per heavy atom. The molecule has 1 heterocycles. The number of hydrogen-bond donors (Lipinski definition) is 1. The Morgan fingerprint density at radius 2 is 1.85 bits per heavy atom. The average molecular weight is 391 g/mol. The summed E-state index contributed by atoms with van der Waals surface area (Å²) in [7, 11) is 0. The maximum absolute atomic E-state index is 12.2. The van der Waals surface area contributed by atoms with Crippen LogP contribution in [0.25, 0.3) is 0 Å². The van der Waals surface area contributed by atoms with E-state index < -0.39 is 18.0 Å². The van der Waals surface area contributed by atoms with Crippen molar-refractivity contribution < 1.29 is 14.3 Å². The lowest BCUT2D eigenvalue weighted by Gasteiger charge is -2.19. The van der Waals surface area contributed by atoms with Crippen molar-refractivity contribution in [3.05, 3.63) is 50.6 Å². The molecule has 0 bridgehead atoms. The van der Waals surface area contributed by atoms with Gasteiger partial charge in [0.1, 0.15) is 0 Å². The summed E-state index contributed by atoms with van der Waals surface area (Å²) in [5, 5.41) is 4.49. The van der Waals surface area contributed by atoms with E-state index in [1.54, 1.807) is 5.38 Å². The second kappa shape index (κ2) is 8.52. The van der Waals surface area contributed by atoms with Crippen LogP contribution in [0.1, 0.15) is 45.4 Å². The normalized spacial score (nSPS) is 12.5. The van der Waals surface area contributed by atoms with Crippen LogP contribution in [0.15, 0.2) is 34.4 Å². The van der Waals surface area contributed by atoms with Gasteiger partial charge in [-0.1, -0.05) is 44.2 Å². The molecule has 146 valence electrons. The van der Waals surface area contributed by atoms with Crippen LogP contribution >= 0.6 is 11.3 Å². The molecule has 2 rings (SSSR count). The van der Waals surface area contributed by atoms with Gasteiger partial charge in [0.25, 0.3) is 5.91 Å². The maximum atomic E-state index is 12.2. The fourth-order valence-corrected chi connectivity index (χ4v) is 3.25. The number of aryl methyl sites for hydroxylation is 1. The first kappa shape index (κ1) is 20.9. The minimum atomic E-state index is -0.917. The second-order valence-electron chi connectivity index (χ2n) is 7.49. The highest BCUT2D eigenvalue weighted by molar-refractivity contribution is 7.07. The number of esters is 1. The molecule has 0 radical (unpaired) electrons. The Kier molecular flexibility index (Phi) is 6.59. The average Bonchev–Trinajstić information content (AvgIpc) is 2.90. The van der Waals surface area contributed by atoms with Gasteiger partial charge < -0.3 is 14.6 Å². The molecule has 6 nitrogen and oxygen atoms in total. The molecule has 1 unspecified atom stereocenters. The molecule has 1 aromatic carbocycles. The van der Waals surface area contributed by atoms with Crippen LogP contribution in [0.2, 0.25) is 0 Å². The Bertz CT molecular complexity index is 859. The Labute approximate surface area is 163 Å². The fraction of sp³-hybridized carbons (Fsp3) is 0.450. The number of hydrogen-bond acceptors (Lipinski definition) is 5. The van der Waals surface area contributed by atoms with Gasteiger partial charge in [0.2, 0.25) is 0 Å². The van der Waals surface area contributed by atoms with Crippen molar-refractivity contribution >= 4 is 28.9 Å². The van der Waals surface area contributed by atoms with E-state index in [0.717, 1.165) is 17.0 Å². The van der Waals surface area contributed by atoms with Crippen LogP contribution in [0.3, 0.4) is 0 Å². The van der Waals surface area contributed by atoms with Gasteiger partial charge in [-0.15, -0.1) is 0 Å². The van der Waals surface area contributed by atoms with Crippen molar-refractivity contribution in [2.45, 2.75) is 59.1 Å². The minimum absolute atomic E-state index is 0.0358. The van der Waals surface area contributed by atoms with Gasteiger partial charge >= 0.3 is 10.8 Å². The monoisotopic (exact) mass is 390 g/mol. The van der Waals surface area contributed by atoms with Crippen LogP contribution in [-0.4, -0.2) is 22.5 Å². The summed E-state index contributed by atoms with van der Waals surface area (Å²) in [5.41, 5.74) is 2.66. The van der Waals surface area contributed by atoms with Crippen molar-refractivity contribution in [3.8, 4) is 0 Å². The molecule has 0 saturated heterocycles. The van der Waals surface area contributed by atoms with Crippen LogP contribution in [-0.2, 0) is 26.3 Å². The highest BCUT2D eigenvalue weighted by atomic mass is 32.1. The van der Waals surface area contributed by atoms with Gasteiger partial charge in [0, 0.05) is 23.3 Å². The first-order valence-corrected chi connectivity index (χ1v) is 9.71. The number of nitrogens with zero attached hydrogens (tertiary/aromatic N) is 1. The smallest absolute Gasteiger partial charge is 0.308 e. The lowest BCUT2D eigenvalue weighted by molar-refractivity contribution is -0.153. The van der Waals surface area contributed by atoms with Gasteiger partial charge in [-0.3, -0.25) is 14.4 Å². The lowest BCUT2D eigenvalue weighted by atomic mass is 9.87. The van der Waals surface area contributed by atoms with Crippen LogP contribution in [0.5, 0.6) is 0 Å². The van der Waals surface area contributed by atoms with Crippen LogP contribution in [0.4, 0.5) is 5.69 Å². The number of carbonyl (C=O) groups is 2. The molecule has 7 heteroatoms. The number of thiazole rings is 1. The molecule has 0 aliphatic carbocycles. The quantitative estimate of drug-likeness (QED) is 0.766. The van der Waals surface area contributed by atoms with Crippen molar-refractivity contribution in [3.63, 3.8) is 0 Å². The molecule has 27 heavy (non-hydrogen) atoms. The van der Waals surface area contributed by atoms with Gasteiger partial charge in [0.15, 0.2) is 6.10 Å². The molecule has 0 aliphatic rings. The molecule has 1 aromatic heterocycles. The molecule has 1 amide bonds. The highest BCUT2D eigenvalue weighted by Gasteiger charge is 2.19. The van der Waals surface area contributed by atoms with E-state index in [0.29, 0.717) is 5.69 Å². The first-order chi connectivity index (χ1) is 12.6. The molecular weight excluding hydrogens is 364 g/mol. The summed E-state index contributed by atoms with van der Waals surface area (Å²) >= 11 is 1.10. The van der Waals surface area contributed by atoms with E-state index in [1.807, 2.05) is 31.2 Å². The van der Waals surface area contributed by atoms with Crippen LogP contribution < -0.4 is 10.2 Å². The Balaban J connectivity index is 1.86. The summed E-state index contributed by atoms with van der Waals surface area (Å²) < 4.78 is 6.70. The molecule has 0 aliphatic heterocycles. The number of benzene rings is 1. The van der Waals surface area contributed by atoms with Crippen LogP contribution in [0, 0.1) is 6.92 Å². The summed E-state index contributed by atoms with van der Waals surface area (Å²) in [6.45, 7) is 9.94. The Morgan fingerprint density at radius 1 is 1.22 bits per heavy atom. The molecule has 2 aromatic rings. The fourth-order valence-electron chi connectivity index (χ4n) is 2.48. The standard InChI is InChI=1S/C20H26N2O4S/c1-13-12-27-19(25)22(13)11-10-17(23)26-14(2)18(24)21-16-8-6-15(7-9-16)20(3,4)5/h6-9,12,14H,10-11H2,1-5H3,(H,21,24). The zero-order valence-corrected chi connectivity index (χ0v) is 17.2. The third kappa shape index (κ3) is 5.79. The molecule has 0 spiro atoms. The molecule has 0 saturated carbocycles. The maximum Gasteiger partial charge on any atom is 0.308 e. The number of ether oxygens (including phenoxy) is 1. The first-order valence-electron chi connectivity index (χ1n) is 8.84. The van der Waals surface area contributed by atoms with E-state index in [-0.39, 0.29) is 23.3 Å². The topological polar surface area (TPSA) is 77.4 Å². The van der Waals surface area contributed by atoms with E-state index in [1.165, 1.54) is 17.1 Å². The minimum Gasteiger partial charge on any atom is -0.452 e. The van der Waals surface area contributed by atoms with Gasteiger partial charge in [-0.2, -0.15) is 0 Å².